The van der Waals surface area contributed by atoms with E-state index in [1.807, 2.05) is 14.1 Å². The van der Waals surface area contributed by atoms with Gasteiger partial charge in [0.2, 0.25) is 0 Å². The lowest BCUT2D eigenvalue weighted by Gasteiger charge is -2.08. The number of aliphatic hydroxyl groups is 3. The van der Waals surface area contributed by atoms with Crippen LogP contribution in [-0.4, -0.2) is 105 Å². The summed E-state index contributed by atoms with van der Waals surface area (Å²) >= 11 is 3.35. The fourth-order valence-corrected chi connectivity index (χ4v) is 1.28. The van der Waals surface area contributed by atoms with Gasteiger partial charge in [0.1, 0.15) is 0 Å². The average Bonchev–Trinajstić information content (AvgIpc) is 2.45. The summed E-state index contributed by atoms with van der Waals surface area (Å²) in [6.07, 6.45) is 2.28. The van der Waals surface area contributed by atoms with Crippen LogP contribution in [0.3, 0.4) is 0 Å². The molecule has 0 unspecified atom stereocenters. The first-order chi connectivity index (χ1) is 9.95. The van der Waals surface area contributed by atoms with Crippen LogP contribution in [0.15, 0.2) is 0 Å². The van der Waals surface area contributed by atoms with E-state index in [0.29, 0.717) is 6.61 Å². The molecule has 0 rings (SSSR count). The summed E-state index contributed by atoms with van der Waals surface area (Å²) < 4.78 is 5.06. The van der Waals surface area contributed by atoms with Gasteiger partial charge in [-0.05, 0) is 54.1 Å². The second-order valence-corrected chi connectivity index (χ2v) is 5.58. The van der Waals surface area contributed by atoms with Crippen molar-refractivity contribution in [1.29, 1.82) is 0 Å². The van der Waals surface area contributed by atoms with Crippen LogP contribution in [0.2, 0.25) is 0 Å². The highest BCUT2D eigenvalue weighted by molar-refractivity contribution is 9.09. The third kappa shape index (κ3) is 44.9. The molecule has 0 spiro atoms. The van der Waals surface area contributed by atoms with E-state index in [4.69, 9.17) is 20.1 Å². The van der Waals surface area contributed by atoms with Crippen molar-refractivity contribution in [3.8, 4) is 0 Å². The van der Waals surface area contributed by atoms with Crippen LogP contribution in [0, 0.1) is 0 Å². The molecule has 0 atom stereocenters. The number of halogens is 1. The molecule has 7 heteroatoms. The molecule has 0 radical (unpaired) electrons. The van der Waals surface area contributed by atoms with E-state index in [0.717, 1.165) is 24.9 Å². The largest absolute Gasteiger partial charge is 0.394 e. The third-order valence-corrected chi connectivity index (χ3v) is 2.53. The van der Waals surface area contributed by atoms with E-state index in [9.17, 15) is 0 Å². The zero-order valence-electron chi connectivity index (χ0n) is 14.1. The van der Waals surface area contributed by atoms with Crippen molar-refractivity contribution in [1.82, 2.24) is 9.80 Å². The number of alkyl halides is 1. The lowest BCUT2D eigenvalue weighted by Crippen LogP contribution is -2.15. The molecular formula is C14H35BrN2O4. The Morgan fingerprint density at radius 2 is 1.24 bits per heavy atom. The quantitative estimate of drug-likeness (QED) is 0.376. The normalized spacial score (nSPS) is 10.0. The predicted molar refractivity (Wildman–Crippen MR) is 92.2 cm³/mol. The standard InChI is InChI=1S/C7H17NO2.C5H12BrN.C2H6O2/c1-8(2)4-3-6-10-7-5-9;1-7(2)5-3-4-6;3-1-2-4/h9H,3-7H2,1-2H3;3-5H2,1-2H3;3-4H,1-2H2. The Labute approximate surface area is 138 Å². The fourth-order valence-electron chi connectivity index (χ4n) is 1.03. The monoisotopic (exact) mass is 374 g/mol. The molecule has 0 aliphatic heterocycles. The van der Waals surface area contributed by atoms with Crippen molar-refractivity contribution >= 4 is 15.9 Å². The summed E-state index contributed by atoms with van der Waals surface area (Å²) in [6.45, 7) is 3.32. The van der Waals surface area contributed by atoms with Crippen LogP contribution in [0.1, 0.15) is 12.8 Å². The molecule has 0 aromatic carbocycles. The molecule has 3 N–H and O–H groups in total. The number of ether oxygens (including phenoxy) is 1. The highest BCUT2D eigenvalue weighted by atomic mass is 79.9. The maximum atomic E-state index is 8.34. The zero-order chi connectivity index (χ0) is 16.9. The number of aliphatic hydroxyl groups excluding tert-OH is 3. The van der Waals surface area contributed by atoms with E-state index < -0.39 is 0 Å². The Kier molecular flexibility index (Phi) is 31.4. The van der Waals surface area contributed by atoms with Crippen molar-refractivity contribution in [3.63, 3.8) is 0 Å². The highest BCUT2D eigenvalue weighted by Gasteiger charge is 1.89. The number of hydrogen-bond donors (Lipinski definition) is 3. The molecule has 0 aromatic rings. The maximum absolute atomic E-state index is 8.34. The summed E-state index contributed by atoms with van der Waals surface area (Å²) in [5.74, 6) is 0. The topological polar surface area (TPSA) is 76.4 Å². The average molecular weight is 375 g/mol. The van der Waals surface area contributed by atoms with Crippen molar-refractivity contribution < 1.29 is 20.1 Å². The zero-order valence-corrected chi connectivity index (χ0v) is 15.7. The molecule has 0 aliphatic carbocycles. The molecule has 0 fully saturated rings. The summed E-state index contributed by atoms with van der Waals surface area (Å²) in [4.78, 5) is 4.30. The maximum Gasteiger partial charge on any atom is 0.0697 e. The fraction of sp³-hybridized carbons (Fsp3) is 1.00. The van der Waals surface area contributed by atoms with Gasteiger partial charge in [0.05, 0.1) is 26.4 Å². The van der Waals surface area contributed by atoms with Crippen molar-refractivity contribution in [2.75, 3.05) is 79.6 Å². The van der Waals surface area contributed by atoms with Gasteiger partial charge < -0.3 is 29.9 Å². The predicted octanol–water partition coefficient (Wildman–Crippen LogP) is 0.251. The van der Waals surface area contributed by atoms with Crippen LogP contribution in [0.5, 0.6) is 0 Å². The molecule has 0 heterocycles. The first-order valence-corrected chi connectivity index (χ1v) is 8.34. The second kappa shape index (κ2) is 25.2. The molecular weight excluding hydrogens is 340 g/mol. The molecule has 0 aromatic heterocycles. The lowest BCUT2D eigenvalue weighted by atomic mass is 10.4. The third-order valence-electron chi connectivity index (χ3n) is 1.97. The van der Waals surface area contributed by atoms with E-state index in [1.165, 1.54) is 13.0 Å². The highest BCUT2D eigenvalue weighted by Crippen LogP contribution is 1.87. The minimum Gasteiger partial charge on any atom is -0.394 e. The van der Waals surface area contributed by atoms with Gasteiger partial charge in [-0.15, -0.1) is 0 Å². The Hall–Kier alpha value is 0.240. The molecule has 0 amide bonds. The smallest absolute Gasteiger partial charge is 0.0697 e. The van der Waals surface area contributed by atoms with Crippen LogP contribution in [-0.2, 0) is 4.74 Å². The SMILES string of the molecule is CN(C)CCCBr.CN(C)CCCOCCO.OCCO. The van der Waals surface area contributed by atoms with Gasteiger partial charge in [0, 0.05) is 11.9 Å². The molecule has 0 bridgehead atoms. The van der Waals surface area contributed by atoms with Crippen LogP contribution >= 0.6 is 15.9 Å². The van der Waals surface area contributed by atoms with Crippen LogP contribution in [0.25, 0.3) is 0 Å². The van der Waals surface area contributed by atoms with Gasteiger partial charge in [0.25, 0.3) is 0 Å². The minimum atomic E-state index is -0.125. The first kappa shape index (κ1) is 26.2. The molecule has 6 nitrogen and oxygen atoms in total. The summed E-state index contributed by atoms with van der Waals surface area (Å²) in [7, 11) is 8.24. The summed E-state index contributed by atoms with van der Waals surface area (Å²) in [6, 6.07) is 0. The van der Waals surface area contributed by atoms with Gasteiger partial charge in [-0.3, -0.25) is 0 Å². The Balaban J connectivity index is -0.000000256. The molecule has 0 aliphatic rings. The number of rotatable bonds is 10. The van der Waals surface area contributed by atoms with Crippen molar-refractivity contribution in [3.05, 3.63) is 0 Å². The Bertz CT molecular complexity index is 162. The lowest BCUT2D eigenvalue weighted by molar-refractivity contribution is 0.0873. The minimum absolute atomic E-state index is 0.125. The number of hydrogen-bond acceptors (Lipinski definition) is 6. The van der Waals surface area contributed by atoms with E-state index in [1.54, 1.807) is 0 Å². The molecule has 132 valence electrons. The van der Waals surface area contributed by atoms with Gasteiger partial charge in [-0.1, -0.05) is 15.9 Å². The Morgan fingerprint density at radius 1 is 0.762 bits per heavy atom. The van der Waals surface area contributed by atoms with Gasteiger partial charge in [0.15, 0.2) is 0 Å². The molecule has 21 heavy (non-hydrogen) atoms. The van der Waals surface area contributed by atoms with Crippen LogP contribution < -0.4 is 0 Å². The second-order valence-electron chi connectivity index (χ2n) is 4.79. The van der Waals surface area contributed by atoms with E-state index in [2.05, 4.69) is 39.8 Å². The van der Waals surface area contributed by atoms with E-state index in [-0.39, 0.29) is 19.8 Å². The summed E-state index contributed by atoms with van der Waals surface area (Å²) in [5, 5.41) is 24.7. The summed E-state index contributed by atoms with van der Waals surface area (Å²) in [5.41, 5.74) is 0. The first-order valence-electron chi connectivity index (χ1n) is 7.21. The van der Waals surface area contributed by atoms with Gasteiger partial charge >= 0.3 is 0 Å². The van der Waals surface area contributed by atoms with Gasteiger partial charge in [-0.2, -0.15) is 0 Å². The molecule has 0 saturated heterocycles. The van der Waals surface area contributed by atoms with Crippen LogP contribution in [0.4, 0.5) is 0 Å². The Morgan fingerprint density at radius 3 is 1.52 bits per heavy atom. The van der Waals surface area contributed by atoms with Crippen molar-refractivity contribution in [2.45, 2.75) is 12.8 Å². The number of nitrogens with zero attached hydrogens (tertiary/aromatic N) is 2. The van der Waals surface area contributed by atoms with Gasteiger partial charge in [-0.25, -0.2) is 0 Å². The molecule has 0 saturated carbocycles. The van der Waals surface area contributed by atoms with E-state index >= 15 is 0 Å². The van der Waals surface area contributed by atoms with Crippen molar-refractivity contribution in [2.24, 2.45) is 0 Å².